The Morgan fingerprint density at radius 3 is 3.00 bits per heavy atom. The summed E-state index contributed by atoms with van der Waals surface area (Å²) in [7, 11) is 0. The fourth-order valence-corrected chi connectivity index (χ4v) is 1.14. The highest BCUT2D eigenvalue weighted by molar-refractivity contribution is 7.99. The van der Waals surface area contributed by atoms with Gasteiger partial charge in [-0.2, -0.15) is 15.0 Å². The number of aliphatic hydroxyl groups excluding tert-OH is 1. The summed E-state index contributed by atoms with van der Waals surface area (Å²) in [5.41, 5.74) is 0. The molecule has 1 rings (SSSR count). The summed E-state index contributed by atoms with van der Waals surface area (Å²) in [5.74, 6) is 0.550. The third-order valence-electron chi connectivity index (χ3n) is 0.798. The van der Waals surface area contributed by atoms with Crippen molar-refractivity contribution in [3.63, 3.8) is 0 Å². The predicted molar refractivity (Wildman–Crippen MR) is 41.5 cm³/mol. The van der Waals surface area contributed by atoms with Gasteiger partial charge in [-0.15, -0.1) is 0 Å². The molecule has 1 aromatic rings. The Balaban J connectivity index is 2.56. The number of rotatable bonds is 3. The van der Waals surface area contributed by atoms with Gasteiger partial charge >= 0.3 is 0 Å². The smallest absolute Gasteiger partial charge is 0.227 e. The fourth-order valence-electron chi connectivity index (χ4n) is 0.439. The number of nitrogens with zero attached hydrogens (tertiary/aromatic N) is 3. The Hall–Kier alpha value is -0.390. The number of aliphatic hydroxyl groups is 1. The van der Waals surface area contributed by atoms with E-state index in [1.807, 2.05) is 0 Å². The second-order valence-corrected chi connectivity index (χ2v) is 2.96. The number of hydrogen-bond acceptors (Lipinski definition) is 5. The minimum absolute atomic E-state index is 0.0912. The molecule has 0 unspecified atom stereocenters. The molecule has 0 bridgehead atoms. The first-order valence-electron chi connectivity index (χ1n) is 2.84. The van der Waals surface area contributed by atoms with Crippen LogP contribution in [0.5, 0.6) is 0 Å². The van der Waals surface area contributed by atoms with Crippen molar-refractivity contribution in [3.05, 3.63) is 11.6 Å². The average Bonchev–Trinajstić information content (AvgIpc) is 2.01. The van der Waals surface area contributed by atoms with Crippen molar-refractivity contribution < 1.29 is 5.11 Å². The summed E-state index contributed by atoms with van der Waals surface area (Å²) in [6, 6.07) is 0. The van der Waals surface area contributed by atoms with Gasteiger partial charge in [-0.1, -0.05) is 11.8 Å². The summed E-state index contributed by atoms with van der Waals surface area (Å²) in [6.45, 7) is 0.0912. The Morgan fingerprint density at radius 2 is 2.36 bits per heavy atom. The first-order chi connectivity index (χ1) is 5.33. The Morgan fingerprint density at radius 1 is 1.55 bits per heavy atom. The summed E-state index contributed by atoms with van der Waals surface area (Å²) in [6.07, 6.45) is 2.34. The fraction of sp³-hybridized carbons (Fsp3) is 0.400. The van der Waals surface area contributed by atoms with E-state index in [4.69, 9.17) is 16.7 Å². The van der Waals surface area contributed by atoms with Crippen LogP contribution in [0, 0.1) is 6.33 Å². The maximum atomic E-state index is 8.46. The molecule has 11 heavy (non-hydrogen) atoms. The summed E-state index contributed by atoms with van der Waals surface area (Å²) in [4.78, 5) is 11.0. The molecule has 0 saturated carbocycles. The van der Waals surface area contributed by atoms with Gasteiger partial charge in [0, 0.05) is 5.75 Å². The maximum absolute atomic E-state index is 8.46. The van der Waals surface area contributed by atoms with Crippen LogP contribution < -0.4 is 0 Å². The van der Waals surface area contributed by atoms with Gasteiger partial charge in [0.1, 0.15) is 0 Å². The van der Waals surface area contributed by atoms with E-state index in [0.717, 1.165) is 0 Å². The van der Waals surface area contributed by atoms with Crippen LogP contribution >= 0.6 is 23.4 Å². The Labute approximate surface area is 73.0 Å². The second-order valence-electron chi connectivity index (χ2n) is 1.56. The highest BCUT2D eigenvalue weighted by Gasteiger charge is 1.97. The monoisotopic (exact) mass is 190 g/mol. The molecule has 59 valence electrons. The van der Waals surface area contributed by atoms with E-state index in [9.17, 15) is 0 Å². The zero-order valence-corrected chi connectivity index (χ0v) is 7.06. The van der Waals surface area contributed by atoms with Crippen LogP contribution in [-0.2, 0) is 0 Å². The summed E-state index contributed by atoms with van der Waals surface area (Å²) in [5, 5.41) is 9.07. The maximum Gasteiger partial charge on any atom is 0.227 e. The predicted octanol–water partition coefficient (Wildman–Crippen LogP) is 0.410. The van der Waals surface area contributed by atoms with E-state index in [0.29, 0.717) is 10.9 Å². The van der Waals surface area contributed by atoms with Crippen molar-refractivity contribution >= 4 is 23.4 Å². The molecule has 1 heterocycles. The lowest BCUT2D eigenvalue weighted by Gasteiger charge is -1.94. The molecule has 1 aromatic heterocycles. The molecule has 0 aromatic carbocycles. The number of halogens is 1. The highest BCUT2D eigenvalue weighted by atomic mass is 35.5. The SMILES string of the molecule is OCCSc1n[c]nc(Cl)n1. The first kappa shape index (κ1) is 8.70. The molecule has 4 nitrogen and oxygen atoms in total. The van der Waals surface area contributed by atoms with Gasteiger partial charge < -0.3 is 5.11 Å². The van der Waals surface area contributed by atoms with Gasteiger partial charge in [0.05, 0.1) is 6.61 Å². The molecule has 6 heteroatoms. The van der Waals surface area contributed by atoms with E-state index >= 15 is 0 Å². The van der Waals surface area contributed by atoms with Crippen LogP contribution in [0.25, 0.3) is 0 Å². The molecule has 0 aliphatic rings. The van der Waals surface area contributed by atoms with Crippen LogP contribution in [0.15, 0.2) is 5.16 Å². The van der Waals surface area contributed by atoms with Gasteiger partial charge in [-0.25, -0.2) is 0 Å². The standard InChI is InChI=1S/C5H5ClN3OS/c6-4-7-3-8-5(9-4)11-2-1-10/h10H,1-2H2. The lowest BCUT2D eigenvalue weighted by molar-refractivity contribution is 0.322. The molecular weight excluding hydrogens is 186 g/mol. The molecule has 0 fully saturated rings. The molecule has 0 aliphatic carbocycles. The van der Waals surface area contributed by atoms with Crippen molar-refractivity contribution in [3.8, 4) is 0 Å². The summed E-state index contributed by atoms with van der Waals surface area (Å²) < 4.78 is 0. The number of hydrogen-bond donors (Lipinski definition) is 1. The number of aromatic nitrogens is 3. The minimum atomic E-state index is 0.0912. The first-order valence-corrected chi connectivity index (χ1v) is 4.20. The Bertz CT molecular complexity index is 235. The molecular formula is C5H5ClN3OS. The van der Waals surface area contributed by atoms with Gasteiger partial charge in [0.2, 0.25) is 11.6 Å². The van der Waals surface area contributed by atoms with E-state index in [1.54, 1.807) is 0 Å². The van der Waals surface area contributed by atoms with Gasteiger partial charge in [0.25, 0.3) is 0 Å². The molecule has 0 amide bonds. The van der Waals surface area contributed by atoms with Crippen LogP contribution in [0.4, 0.5) is 0 Å². The van der Waals surface area contributed by atoms with E-state index in [1.165, 1.54) is 11.8 Å². The average molecular weight is 191 g/mol. The summed E-state index contributed by atoms with van der Waals surface area (Å²) >= 11 is 6.76. The zero-order chi connectivity index (χ0) is 8.10. The largest absolute Gasteiger partial charge is 0.396 e. The lowest BCUT2D eigenvalue weighted by Crippen LogP contribution is -1.92. The van der Waals surface area contributed by atoms with Gasteiger partial charge in [-0.05, 0) is 11.6 Å². The molecule has 0 aliphatic heterocycles. The van der Waals surface area contributed by atoms with Gasteiger partial charge in [0.15, 0.2) is 5.16 Å². The molecule has 1 radical (unpaired) electrons. The Kier molecular flexibility index (Phi) is 3.55. The minimum Gasteiger partial charge on any atom is -0.396 e. The normalized spacial score (nSPS) is 10.0. The molecule has 1 N–H and O–H groups in total. The molecule has 0 spiro atoms. The highest BCUT2D eigenvalue weighted by Crippen LogP contribution is 2.11. The van der Waals surface area contributed by atoms with Crippen molar-refractivity contribution in [1.29, 1.82) is 0 Å². The lowest BCUT2D eigenvalue weighted by atomic mass is 10.9. The number of thioether (sulfide) groups is 1. The van der Waals surface area contributed by atoms with Crippen molar-refractivity contribution in [1.82, 2.24) is 15.0 Å². The third-order valence-corrected chi connectivity index (χ3v) is 1.79. The third kappa shape index (κ3) is 3.00. The van der Waals surface area contributed by atoms with Gasteiger partial charge in [-0.3, -0.25) is 0 Å². The van der Waals surface area contributed by atoms with Crippen molar-refractivity contribution in [2.24, 2.45) is 0 Å². The molecule has 0 saturated heterocycles. The molecule has 0 atom stereocenters. The van der Waals surface area contributed by atoms with Crippen molar-refractivity contribution in [2.75, 3.05) is 12.4 Å². The van der Waals surface area contributed by atoms with E-state index < -0.39 is 0 Å². The van der Waals surface area contributed by atoms with Crippen LogP contribution in [0.2, 0.25) is 5.28 Å². The second kappa shape index (κ2) is 4.48. The van der Waals surface area contributed by atoms with Crippen LogP contribution in [0.3, 0.4) is 0 Å². The van der Waals surface area contributed by atoms with Crippen molar-refractivity contribution in [2.45, 2.75) is 5.16 Å². The quantitative estimate of drug-likeness (QED) is 0.700. The van der Waals surface area contributed by atoms with Crippen LogP contribution in [0.1, 0.15) is 0 Å². The van der Waals surface area contributed by atoms with Crippen LogP contribution in [-0.4, -0.2) is 32.4 Å². The van der Waals surface area contributed by atoms with E-state index in [-0.39, 0.29) is 11.9 Å². The topological polar surface area (TPSA) is 58.9 Å². The van der Waals surface area contributed by atoms with E-state index in [2.05, 4.69) is 21.3 Å². The zero-order valence-electron chi connectivity index (χ0n) is 5.49.